The average molecular weight is 244 g/mol. The van der Waals surface area contributed by atoms with Gasteiger partial charge in [-0.1, -0.05) is 29.8 Å². The molecular weight excluding hydrogens is 234 g/mol. The Bertz CT molecular complexity index is 561. The first-order valence-electron chi connectivity index (χ1n) is 5.13. The zero-order valence-corrected chi connectivity index (χ0v) is 9.78. The molecule has 0 saturated carbocycles. The Hall–Kier alpha value is -2.05. The molecule has 0 atom stereocenters. The maximum Gasteiger partial charge on any atom is 0.131 e. The fraction of sp³-hybridized carbons (Fsp3) is 0.0769. The van der Waals surface area contributed by atoms with Crippen molar-refractivity contribution in [2.45, 2.75) is 6.54 Å². The zero-order chi connectivity index (χ0) is 12.1. The predicted molar refractivity (Wildman–Crippen MR) is 67.7 cm³/mol. The molecule has 84 valence electrons. The fourth-order valence-corrected chi connectivity index (χ4v) is 1.67. The highest BCUT2D eigenvalue weighted by molar-refractivity contribution is 6.29. The summed E-state index contributed by atoms with van der Waals surface area (Å²) in [7, 11) is 0. The normalized spacial score (nSPS) is 9.65. The van der Waals surface area contributed by atoms with Crippen molar-refractivity contribution >= 4 is 17.3 Å². The third-order valence-corrected chi connectivity index (χ3v) is 2.55. The molecule has 0 aliphatic heterocycles. The van der Waals surface area contributed by atoms with E-state index in [4.69, 9.17) is 16.9 Å². The number of hydrogen-bond donors (Lipinski definition) is 1. The third kappa shape index (κ3) is 2.96. The number of halogens is 1. The molecule has 2 aromatic rings. The molecule has 0 amide bonds. The van der Waals surface area contributed by atoms with E-state index in [2.05, 4.69) is 16.4 Å². The summed E-state index contributed by atoms with van der Waals surface area (Å²) in [6, 6.07) is 13.2. The molecule has 1 heterocycles. The van der Waals surface area contributed by atoms with Crippen LogP contribution in [0, 0.1) is 11.3 Å². The lowest BCUT2D eigenvalue weighted by Crippen LogP contribution is -2.01. The maximum atomic E-state index is 8.95. The minimum Gasteiger partial charge on any atom is -0.381 e. The Labute approximate surface area is 105 Å². The van der Waals surface area contributed by atoms with Crippen LogP contribution in [-0.2, 0) is 6.54 Å². The van der Waals surface area contributed by atoms with Crippen LogP contribution < -0.4 is 5.32 Å². The number of nitrogens with one attached hydrogen (secondary N) is 1. The Balaban J connectivity index is 2.10. The van der Waals surface area contributed by atoms with E-state index in [-0.39, 0.29) is 0 Å². The molecule has 4 heteroatoms. The van der Waals surface area contributed by atoms with Crippen molar-refractivity contribution in [2.24, 2.45) is 0 Å². The van der Waals surface area contributed by atoms with Gasteiger partial charge >= 0.3 is 0 Å². The number of anilines is 1. The highest BCUT2D eigenvalue weighted by Crippen LogP contribution is 2.14. The van der Waals surface area contributed by atoms with Crippen molar-refractivity contribution in [1.29, 1.82) is 5.26 Å². The van der Waals surface area contributed by atoms with Crippen molar-refractivity contribution in [3.8, 4) is 6.07 Å². The molecule has 17 heavy (non-hydrogen) atoms. The summed E-state index contributed by atoms with van der Waals surface area (Å²) in [6.45, 7) is 0.587. The molecule has 0 radical (unpaired) electrons. The van der Waals surface area contributed by atoms with Crippen molar-refractivity contribution in [2.75, 3.05) is 5.32 Å². The smallest absolute Gasteiger partial charge is 0.131 e. The van der Waals surface area contributed by atoms with E-state index in [9.17, 15) is 0 Å². The van der Waals surface area contributed by atoms with Gasteiger partial charge in [0.05, 0.1) is 11.6 Å². The van der Waals surface area contributed by atoms with E-state index in [1.807, 2.05) is 24.3 Å². The maximum absolute atomic E-state index is 8.95. The van der Waals surface area contributed by atoms with Crippen LogP contribution in [0.4, 0.5) is 5.69 Å². The van der Waals surface area contributed by atoms with Crippen LogP contribution in [-0.4, -0.2) is 4.98 Å². The molecule has 0 bridgehead atoms. The van der Waals surface area contributed by atoms with Crippen LogP contribution in [0.1, 0.15) is 11.1 Å². The first kappa shape index (κ1) is 11.4. The summed E-state index contributed by atoms with van der Waals surface area (Å²) >= 11 is 5.78. The molecule has 2 rings (SSSR count). The number of hydrogen-bond acceptors (Lipinski definition) is 3. The molecular formula is C13H10ClN3. The number of pyridine rings is 1. The largest absolute Gasteiger partial charge is 0.381 e. The highest BCUT2D eigenvalue weighted by atomic mass is 35.5. The average Bonchev–Trinajstić information content (AvgIpc) is 2.37. The second-order valence-corrected chi connectivity index (χ2v) is 3.88. The van der Waals surface area contributed by atoms with Gasteiger partial charge in [0.25, 0.3) is 0 Å². The third-order valence-electron chi connectivity index (χ3n) is 2.35. The summed E-state index contributed by atoms with van der Waals surface area (Å²) in [4.78, 5) is 3.90. The lowest BCUT2D eigenvalue weighted by molar-refractivity contribution is 1.13. The lowest BCUT2D eigenvalue weighted by atomic mass is 10.1. The van der Waals surface area contributed by atoms with E-state index in [0.29, 0.717) is 17.3 Å². The Morgan fingerprint density at radius 2 is 2.12 bits per heavy atom. The molecule has 0 saturated heterocycles. The van der Waals surface area contributed by atoms with Crippen LogP contribution in [0.25, 0.3) is 0 Å². The molecule has 0 unspecified atom stereocenters. The second-order valence-electron chi connectivity index (χ2n) is 3.49. The van der Waals surface area contributed by atoms with Gasteiger partial charge in [-0.25, -0.2) is 4.98 Å². The minimum absolute atomic E-state index is 0.448. The second kappa shape index (κ2) is 5.33. The molecule has 1 aromatic heterocycles. The van der Waals surface area contributed by atoms with Gasteiger partial charge in [0.2, 0.25) is 0 Å². The summed E-state index contributed by atoms with van der Waals surface area (Å²) in [5.41, 5.74) is 2.53. The van der Waals surface area contributed by atoms with Crippen LogP contribution in [0.3, 0.4) is 0 Å². The quantitative estimate of drug-likeness (QED) is 0.842. The van der Waals surface area contributed by atoms with Gasteiger partial charge in [0.15, 0.2) is 0 Å². The monoisotopic (exact) mass is 243 g/mol. The minimum atomic E-state index is 0.448. The van der Waals surface area contributed by atoms with Crippen molar-refractivity contribution in [3.05, 3.63) is 58.9 Å². The SMILES string of the molecule is N#Cc1ccccc1CNc1ccnc(Cl)c1. The molecule has 1 N–H and O–H groups in total. The summed E-state index contributed by atoms with van der Waals surface area (Å²) < 4.78 is 0. The molecule has 0 fully saturated rings. The van der Waals surface area contributed by atoms with Crippen molar-refractivity contribution in [1.82, 2.24) is 4.98 Å². The highest BCUT2D eigenvalue weighted by Gasteiger charge is 2.00. The van der Waals surface area contributed by atoms with E-state index < -0.39 is 0 Å². The number of rotatable bonds is 3. The van der Waals surface area contributed by atoms with E-state index >= 15 is 0 Å². The summed E-state index contributed by atoms with van der Waals surface area (Å²) in [6.07, 6.45) is 1.64. The Morgan fingerprint density at radius 3 is 2.88 bits per heavy atom. The molecule has 3 nitrogen and oxygen atoms in total. The number of nitrogens with zero attached hydrogens (tertiary/aromatic N) is 2. The van der Waals surface area contributed by atoms with Gasteiger partial charge < -0.3 is 5.32 Å². The van der Waals surface area contributed by atoms with Gasteiger partial charge in [-0.15, -0.1) is 0 Å². The number of nitriles is 1. The van der Waals surface area contributed by atoms with Gasteiger partial charge in [-0.3, -0.25) is 0 Å². The van der Waals surface area contributed by atoms with E-state index in [1.165, 1.54) is 0 Å². The van der Waals surface area contributed by atoms with Gasteiger partial charge in [0, 0.05) is 18.4 Å². The molecule has 0 aliphatic carbocycles. The zero-order valence-electron chi connectivity index (χ0n) is 9.02. The summed E-state index contributed by atoms with van der Waals surface area (Å²) in [5, 5.41) is 12.6. The number of benzene rings is 1. The first-order chi connectivity index (χ1) is 8.29. The Kier molecular flexibility index (Phi) is 3.59. The topological polar surface area (TPSA) is 48.7 Å². The van der Waals surface area contributed by atoms with Crippen LogP contribution in [0.5, 0.6) is 0 Å². The Morgan fingerprint density at radius 1 is 1.29 bits per heavy atom. The number of aromatic nitrogens is 1. The summed E-state index contributed by atoms with van der Waals surface area (Å²) in [5.74, 6) is 0. The van der Waals surface area contributed by atoms with Gasteiger partial charge in [0.1, 0.15) is 5.15 Å². The van der Waals surface area contributed by atoms with E-state index in [1.54, 1.807) is 18.3 Å². The molecule has 1 aromatic carbocycles. The van der Waals surface area contributed by atoms with E-state index in [0.717, 1.165) is 11.3 Å². The van der Waals surface area contributed by atoms with Crippen LogP contribution in [0.15, 0.2) is 42.6 Å². The predicted octanol–water partition coefficient (Wildman–Crippen LogP) is 3.22. The fourth-order valence-electron chi connectivity index (χ4n) is 1.49. The first-order valence-corrected chi connectivity index (χ1v) is 5.51. The van der Waals surface area contributed by atoms with Gasteiger partial charge in [-0.05, 0) is 23.8 Å². The standard InChI is InChI=1S/C13H10ClN3/c14-13-7-12(5-6-16-13)17-9-11-4-2-1-3-10(11)8-15/h1-7H,9H2,(H,16,17). The molecule has 0 spiro atoms. The molecule has 0 aliphatic rings. The van der Waals surface area contributed by atoms with Crippen LogP contribution >= 0.6 is 11.6 Å². The van der Waals surface area contributed by atoms with Gasteiger partial charge in [-0.2, -0.15) is 5.26 Å². The van der Waals surface area contributed by atoms with Crippen molar-refractivity contribution < 1.29 is 0 Å². The van der Waals surface area contributed by atoms with Crippen molar-refractivity contribution in [3.63, 3.8) is 0 Å². The van der Waals surface area contributed by atoms with Crippen LogP contribution in [0.2, 0.25) is 5.15 Å². The lowest BCUT2D eigenvalue weighted by Gasteiger charge is -2.07.